The Kier molecular flexibility index (Phi) is 50.8. The molecule has 372 valence electrons. The van der Waals surface area contributed by atoms with Gasteiger partial charge in [-0.2, -0.15) is 0 Å². The fourth-order valence-electron chi connectivity index (χ4n) is 7.83. The number of hydrogen-bond donors (Lipinski definition) is 0. The zero-order valence-electron chi connectivity index (χ0n) is 42.6. The van der Waals surface area contributed by atoms with Crippen LogP contribution in [0.4, 0.5) is 0 Å². The first-order valence-electron chi connectivity index (χ1n) is 27.7. The third-order valence-corrected chi connectivity index (χ3v) is 12.1. The molecule has 1 atom stereocenters. The number of rotatable bonds is 50. The van der Waals surface area contributed by atoms with Gasteiger partial charge in [0.05, 0.1) is 0 Å². The molecule has 0 rings (SSSR count). The molecule has 0 bridgehead atoms. The van der Waals surface area contributed by atoms with Gasteiger partial charge in [-0.05, 0) is 96.3 Å². The number of esters is 3. The Morgan fingerprint density at radius 3 is 0.891 bits per heavy atom. The molecule has 0 N–H and O–H groups in total. The van der Waals surface area contributed by atoms with Gasteiger partial charge in [0.2, 0.25) is 0 Å². The van der Waals surface area contributed by atoms with E-state index in [1.165, 1.54) is 148 Å². The molecule has 0 aromatic carbocycles. The summed E-state index contributed by atoms with van der Waals surface area (Å²) in [4.78, 5) is 38.0. The van der Waals surface area contributed by atoms with E-state index in [0.717, 1.165) is 96.3 Å². The molecule has 0 aliphatic rings. The molecule has 0 heterocycles. The molecule has 0 saturated carbocycles. The molecule has 0 radical (unpaired) electrons. The summed E-state index contributed by atoms with van der Waals surface area (Å²) in [6.07, 6.45) is 63.8. The van der Waals surface area contributed by atoms with Gasteiger partial charge in [0.1, 0.15) is 13.2 Å². The molecule has 0 aromatic heterocycles. The predicted octanol–water partition coefficient (Wildman–Crippen LogP) is 18.3. The van der Waals surface area contributed by atoms with Gasteiger partial charge < -0.3 is 14.2 Å². The van der Waals surface area contributed by atoms with E-state index in [2.05, 4.69) is 69.4 Å². The van der Waals surface area contributed by atoms with Crippen LogP contribution >= 0.6 is 0 Å². The molecule has 0 spiro atoms. The molecule has 0 aliphatic carbocycles. The minimum atomic E-state index is -0.793. The minimum absolute atomic E-state index is 0.0918. The van der Waals surface area contributed by atoms with E-state index >= 15 is 0 Å². The van der Waals surface area contributed by atoms with Crippen molar-refractivity contribution < 1.29 is 28.6 Å². The molecule has 64 heavy (non-hydrogen) atoms. The van der Waals surface area contributed by atoms with Crippen molar-refractivity contribution in [3.05, 3.63) is 48.6 Å². The first-order chi connectivity index (χ1) is 31.5. The second-order valence-corrected chi connectivity index (χ2v) is 18.5. The van der Waals surface area contributed by atoms with Crippen molar-refractivity contribution in [2.45, 2.75) is 290 Å². The van der Waals surface area contributed by atoms with Crippen molar-refractivity contribution in [3.8, 4) is 0 Å². The summed E-state index contributed by atoms with van der Waals surface area (Å²) in [5.41, 5.74) is 0. The predicted molar refractivity (Wildman–Crippen MR) is 275 cm³/mol. The molecular formula is C58H104O6. The van der Waals surface area contributed by atoms with Gasteiger partial charge in [-0.25, -0.2) is 0 Å². The average Bonchev–Trinajstić information content (AvgIpc) is 3.29. The maximum atomic E-state index is 12.8. The summed E-state index contributed by atoms with van der Waals surface area (Å²) < 4.78 is 16.8. The van der Waals surface area contributed by atoms with Crippen molar-refractivity contribution in [2.24, 2.45) is 0 Å². The number of ether oxygens (including phenoxy) is 3. The summed E-state index contributed by atoms with van der Waals surface area (Å²) in [5.74, 6) is -0.932. The number of allylic oxidation sites excluding steroid dienone is 8. The molecular weight excluding hydrogens is 793 g/mol. The van der Waals surface area contributed by atoms with Gasteiger partial charge in [0.25, 0.3) is 0 Å². The fourth-order valence-corrected chi connectivity index (χ4v) is 7.83. The van der Waals surface area contributed by atoms with E-state index in [-0.39, 0.29) is 31.1 Å². The third-order valence-electron chi connectivity index (χ3n) is 12.1. The van der Waals surface area contributed by atoms with Gasteiger partial charge in [0, 0.05) is 19.3 Å². The second-order valence-electron chi connectivity index (χ2n) is 18.5. The van der Waals surface area contributed by atoms with Gasteiger partial charge in [-0.1, -0.05) is 217 Å². The first-order valence-corrected chi connectivity index (χ1v) is 27.7. The zero-order valence-corrected chi connectivity index (χ0v) is 42.6. The highest BCUT2D eigenvalue weighted by Gasteiger charge is 2.19. The van der Waals surface area contributed by atoms with Crippen LogP contribution in [0, 0.1) is 0 Å². The number of carbonyl (C=O) groups is 3. The summed E-state index contributed by atoms with van der Waals surface area (Å²) in [6.45, 7) is 6.60. The average molecular weight is 897 g/mol. The highest BCUT2D eigenvalue weighted by atomic mass is 16.6. The lowest BCUT2D eigenvalue weighted by Crippen LogP contribution is -2.30. The number of carbonyl (C=O) groups excluding carboxylic acids is 3. The van der Waals surface area contributed by atoms with E-state index < -0.39 is 6.10 Å². The van der Waals surface area contributed by atoms with Crippen LogP contribution in [0.3, 0.4) is 0 Å². The molecule has 0 saturated heterocycles. The van der Waals surface area contributed by atoms with Crippen molar-refractivity contribution in [1.29, 1.82) is 0 Å². The zero-order chi connectivity index (χ0) is 46.5. The molecule has 0 fully saturated rings. The highest BCUT2D eigenvalue weighted by molar-refractivity contribution is 5.71. The van der Waals surface area contributed by atoms with Crippen molar-refractivity contribution >= 4 is 17.9 Å². The monoisotopic (exact) mass is 897 g/mol. The van der Waals surface area contributed by atoms with Crippen LogP contribution in [0.25, 0.3) is 0 Å². The highest BCUT2D eigenvalue weighted by Crippen LogP contribution is 2.14. The largest absolute Gasteiger partial charge is 0.462 e. The lowest BCUT2D eigenvalue weighted by Gasteiger charge is -2.18. The molecule has 0 aromatic rings. The van der Waals surface area contributed by atoms with Crippen molar-refractivity contribution in [2.75, 3.05) is 13.2 Å². The fraction of sp³-hybridized carbons (Fsp3) is 0.810. The third kappa shape index (κ3) is 50.4. The quantitative estimate of drug-likeness (QED) is 0.0199. The smallest absolute Gasteiger partial charge is 0.306 e. The summed E-state index contributed by atoms with van der Waals surface area (Å²) in [7, 11) is 0. The summed E-state index contributed by atoms with van der Waals surface area (Å²) in [6, 6.07) is 0. The standard InChI is InChI=1S/C58H104O6/c1-4-7-10-13-16-19-22-25-28-30-33-36-39-42-45-48-51-57(60)63-54-55(53-62-56(59)50-47-44-41-38-35-32-27-24-21-18-15-12-9-6-3)64-58(61)52-49-46-43-40-37-34-31-29-26-23-20-17-14-11-8-5-2/h28-33,35-36,55H,4-27,34,37-54H2,1-3H3/b30-28-,31-29-,35-32-,36-33-. The van der Waals surface area contributed by atoms with E-state index in [1.54, 1.807) is 0 Å². The Labute approximate surface area is 397 Å². The van der Waals surface area contributed by atoms with Crippen molar-refractivity contribution in [3.63, 3.8) is 0 Å². The number of unbranched alkanes of at least 4 members (excludes halogenated alkanes) is 32. The summed E-state index contributed by atoms with van der Waals surface area (Å²) >= 11 is 0. The Hall–Kier alpha value is -2.63. The van der Waals surface area contributed by atoms with E-state index in [4.69, 9.17) is 14.2 Å². The Balaban J connectivity index is 4.44. The Morgan fingerprint density at radius 2 is 0.562 bits per heavy atom. The van der Waals surface area contributed by atoms with Crippen LogP contribution in [-0.4, -0.2) is 37.2 Å². The van der Waals surface area contributed by atoms with Crippen LogP contribution in [0.15, 0.2) is 48.6 Å². The maximum Gasteiger partial charge on any atom is 0.306 e. The van der Waals surface area contributed by atoms with Gasteiger partial charge in [-0.3, -0.25) is 14.4 Å². The van der Waals surface area contributed by atoms with Crippen LogP contribution in [0.2, 0.25) is 0 Å². The molecule has 1 unspecified atom stereocenters. The van der Waals surface area contributed by atoms with Crippen LogP contribution in [-0.2, 0) is 28.6 Å². The first kappa shape index (κ1) is 61.4. The van der Waals surface area contributed by atoms with Crippen LogP contribution in [0.5, 0.6) is 0 Å². The minimum Gasteiger partial charge on any atom is -0.462 e. The van der Waals surface area contributed by atoms with Gasteiger partial charge >= 0.3 is 17.9 Å². The summed E-state index contributed by atoms with van der Waals surface area (Å²) in [5, 5.41) is 0. The SMILES string of the molecule is CCCCCCCCC/C=C\C=C/CCCCCC(=O)OCC(COC(=O)CCCCC/C=C\CCCCCCCCC)OC(=O)CCCCCCC/C=C\CCCCCCCCC. The van der Waals surface area contributed by atoms with Gasteiger partial charge in [0.15, 0.2) is 6.10 Å². The lowest BCUT2D eigenvalue weighted by atomic mass is 10.1. The van der Waals surface area contributed by atoms with Crippen LogP contribution < -0.4 is 0 Å². The van der Waals surface area contributed by atoms with E-state index in [9.17, 15) is 14.4 Å². The van der Waals surface area contributed by atoms with Crippen molar-refractivity contribution in [1.82, 2.24) is 0 Å². The van der Waals surface area contributed by atoms with E-state index in [1.807, 2.05) is 0 Å². The Morgan fingerprint density at radius 1 is 0.312 bits per heavy atom. The maximum absolute atomic E-state index is 12.8. The molecule has 0 amide bonds. The molecule has 6 heteroatoms. The second kappa shape index (κ2) is 53.0. The lowest BCUT2D eigenvalue weighted by molar-refractivity contribution is -0.167. The molecule has 6 nitrogen and oxygen atoms in total. The number of hydrogen-bond acceptors (Lipinski definition) is 6. The van der Waals surface area contributed by atoms with Gasteiger partial charge in [-0.15, -0.1) is 0 Å². The normalized spacial score (nSPS) is 12.4. The van der Waals surface area contributed by atoms with E-state index in [0.29, 0.717) is 19.3 Å². The van der Waals surface area contributed by atoms with Crippen LogP contribution in [0.1, 0.15) is 284 Å². The topological polar surface area (TPSA) is 78.9 Å². The Bertz CT molecular complexity index is 1120. The molecule has 0 aliphatic heterocycles.